The van der Waals surface area contributed by atoms with Crippen molar-refractivity contribution in [3.63, 3.8) is 0 Å². The van der Waals surface area contributed by atoms with Crippen LogP contribution in [0.5, 0.6) is 0 Å². The fourth-order valence-electron chi connectivity index (χ4n) is 3.09. The van der Waals surface area contributed by atoms with Crippen LogP contribution < -0.4 is 0 Å². The summed E-state index contributed by atoms with van der Waals surface area (Å²) in [5.41, 5.74) is 2.41. The first-order valence-electron chi connectivity index (χ1n) is 7.12. The van der Waals surface area contributed by atoms with Gasteiger partial charge in [-0.15, -0.1) is 0 Å². The lowest BCUT2D eigenvalue weighted by Gasteiger charge is -2.49. The summed E-state index contributed by atoms with van der Waals surface area (Å²) in [6, 6.07) is 20.8. The Labute approximate surface area is 120 Å². The zero-order valence-corrected chi connectivity index (χ0v) is 11.9. The minimum atomic E-state index is 0.0727. The summed E-state index contributed by atoms with van der Waals surface area (Å²) in [5, 5.41) is 0. The van der Waals surface area contributed by atoms with Gasteiger partial charge in [-0.05, 0) is 18.1 Å². The van der Waals surface area contributed by atoms with Crippen LogP contribution in [0.3, 0.4) is 0 Å². The molecule has 3 atom stereocenters. The molecule has 3 rings (SSSR count). The molecule has 102 valence electrons. The van der Waals surface area contributed by atoms with Crippen molar-refractivity contribution < 1.29 is 4.79 Å². The van der Waals surface area contributed by atoms with Crippen LogP contribution >= 0.6 is 0 Å². The molecule has 1 aliphatic rings. The fraction of sp³-hybridized carbons (Fsp3) is 0.278. The largest absolute Gasteiger partial charge is 0.328 e. The van der Waals surface area contributed by atoms with E-state index >= 15 is 0 Å². The van der Waals surface area contributed by atoms with Crippen molar-refractivity contribution in [1.29, 1.82) is 0 Å². The highest BCUT2D eigenvalue weighted by Gasteiger charge is 2.47. The third-order valence-electron chi connectivity index (χ3n) is 4.26. The van der Waals surface area contributed by atoms with Crippen LogP contribution in [0.1, 0.15) is 37.1 Å². The Bertz CT molecular complexity index is 593. The number of carbonyl (C=O) groups is 1. The van der Waals surface area contributed by atoms with Crippen molar-refractivity contribution in [3.8, 4) is 0 Å². The molecule has 0 saturated carbocycles. The Hall–Kier alpha value is -2.09. The van der Waals surface area contributed by atoms with Crippen LogP contribution in [0.15, 0.2) is 60.7 Å². The minimum Gasteiger partial charge on any atom is -0.328 e. The average Bonchev–Trinajstić information content (AvgIpc) is 2.52. The monoisotopic (exact) mass is 265 g/mol. The lowest BCUT2D eigenvalue weighted by molar-refractivity contribution is -0.160. The predicted octanol–water partition coefficient (Wildman–Crippen LogP) is 3.97. The molecule has 0 bridgehead atoms. The Balaban J connectivity index is 1.90. The third kappa shape index (κ3) is 2.01. The number of carbonyl (C=O) groups excluding carboxylic acids is 1. The third-order valence-corrected chi connectivity index (χ3v) is 4.26. The van der Waals surface area contributed by atoms with Crippen molar-refractivity contribution in [2.75, 3.05) is 0 Å². The molecular formula is C18H19NO. The zero-order chi connectivity index (χ0) is 14.1. The molecule has 1 heterocycles. The van der Waals surface area contributed by atoms with Gasteiger partial charge in [-0.2, -0.15) is 0 Å². The van der Waals surface area contributed by atoms with Gasteiger partial charge in [0.2, 0.25) is 5.91 Å². The summed E-state index contributed by atoms with van der Waals surface area (Å²) in [6.45, 7) is 4.13. The number of rotatable bonds is 3. The molecule has 1 fully saturated rings. The van der Waals surface area contributed by atoms with Gasteiger partial charge in [-0.25, -0.2) is 0 Å². The maximum absolute atomic E-state index is 12.3. The number of amides is 1. The normalized spacial score (nSPS) is 23.3. The molecule has 1 amide bonds. The van der Waals surface area contributed by atoms with Crippen molar-refractivity contribution in [2.45, 2.75) is 25.9 Å². The van der Waals surface area contributed by atoms with Gasteiger partial charge in [0.15, 0.2) is 0 Å². The molecular weight excluding hydrogens is 246 g/mol. The number of hydrogen-bond acceptors (Lipinski definition) is 1. The first-order chi connectivity index (χ1) is 9.70. The number of benzene rings is 2. The highest BCUT2D eigenvalue weighted by atomic mass is 16.2. The molecule has 2 aromatic carbocycles. The Morgan fingerprint density at radius 2 is 1.50 bits per heavy atom. The number of likely N-dealkylation sites (tertiary alicyclic amines) is 1. The molecule has 2 heteroatoms. The average molecular weight is 265 g/mol. The van der Waals surface area contributed by atoms with Crippen LogP contribution in [-0.4, -0.2) is 10.8 Å². The van der Waals surface area contributed by atoms with E-state index in [4.69, 9.17) is 0 Å². The van der Waals surface area contributed by atoms with E-state index in [-0.39, 0.29) is 23.9 Å². The Morgan fingerprint density at radius 1 is 0.950 bits per heavy atom. The summed E-state index contributed by atoms with van der Waals surface area (Å²) in [7, 11) is 0. The summed E-state index contributed by atoms with van der Waals surface area (Å²) < 4.78 is 0. The Morgan fingerprint density at radius 3 is 2.10 bits per heavy atom. The molecule has 0 N–H and O–H groups in total. The van der Waals surface area contributed by atoms with Gasteiger partial charge in [-0.3, -0.25) is 4.79 Å². The summed E-state index contributed by atoms with van der Waals surface area (Å²) in [6.07, 6.45) is 0. The topological polar surface area (TPSA) is 20.3 Å². The van der Waals surface area contributed by atoms with E-state index in [0.29, 0.717) is 0 Å². The van der Waals surface area contributed by atoms with Crippen LogP contribution in [0.4, 0.5) is 0 Å². The quantitative estimate of drug-likeness (QED) is 0.769. The maximum Gasteiger partial charge on any atom is 0.228 e. The smallest absolute Gasteiger partial charge is 0.228 e. The van der Waals surface area contributed by atoms with Gasteiger partial charge in [0.1, 0.15) is 0 Å². The van der Waals surface area contributed by atoms with E-state index in [0.717, 1.165) is 0 Å². The van der Waals surface area contributed by atoms with Crippen molar-refractivity contribution in [3.05, 3.63) is 71.8 Å². The number of β-lactam (4-membered cyclic amide) rings is 1. The van der Waals surface area contributed by atoms with Crippen molar-refractivity contribution in [2.24, 2.45) is 5.92 Å². The highest BCUT2D eigenvalue weighted by molar-refractivity contribution is 5.86. The molecule has 0 radical (unpaired) electrons. The molecule has 0 aromatic heterocycles. The SMILES string of the molecule is C[C@H](c1ccccc1)N1C(=O)[C@H](C)[C@H]1c1ccccc1. The van der Waals surface area contributed by atoms with E-state index in [1.54, 1.807) is 0 Å². The lowest BCUT2D eigenvalue weighted by Crippen LogP contribution is -2.54. The summed E-state index contributed by atoms with van der Waals surface area (Å²) >= 11 is 0. The van der Waals surface area contributed by atoms with Gasteiger partial charge in [-0.1, -0.05) is 67.6 Å². The van der Waals surface area contributed by atoms with Gasteiger partial charge in [0, 0.05) is 0 Å². The van der Waals surface area contributed by atoms with Crippen molar-refractivity contribution >= 4 is 5.91 Å². The van der Waals surface area contributed by atoms with Crippen molar-refractivity contribution in [1.82, 2.24) is 4.90 Å². The Kier molecular flexibility index (Phi) is 3.31. The molecule has 1 aliphatic heterocycles. The van der Waals surface area contributed by atoms with E-state index in [1.165, 1.54) is 11.1 Å². The fourth-order valence-corrected chi connectivity index (χ4v) is 3.09. The highest BCUT2D eigenvalue weighted by Crippen LogP contribution is 2.45. The second kappa shape index (κ2) is 5.12. The van der Waals surface area contributed by atoms with Crippen LogP contribution in [0, 0.1) is 5.92 Å². The van der Waals surface area contributed by atoms with E-state index in [9.17, 15) is 4.79 Å². The molecule has 0 aliphatic carbocycles. The van der Waals surface area contributed by atoms with Gasteiger partial charge < -0.3 is 4.90 Å². The van der Waals surface area contributed by atoms with Crippen LogP contribution in [-0.2, 0) is 4.79 Å². The number of hydrogen-bond donors (Lipinski definition) is 0. The molecule has 0 spiro atoms. The maximum atomic E-state index is 12.3. The second-order valence-electron chi connectivity index (χ2n) is 5.48. The van der Waals surface area contributed by atoms with E-state index < -0.39 is 0 Å². The lowest BCUT2D eigenvalue weighted by atomic mass is 9.81. The molecule has 1 saturated heterocycles. The minimum absolute atomic E-state index is 0.0727. The predicted molar refractivity (Wildman–Crippen MR) is 80.1 cm³/mol. The van der Waals surface area contributed by atoms with Gasteiger partial charge >= 0.3 is 0 Å². The van der Waals surface area contributed by atoms with Crippen LogP contribution in [0.25, 0.3) is 0 Å². The van der Waals surface area contributed by atoms with Crippen LogP contribution in [0.2, 0.25) is 0 Å². The first kappa shape index (κ1) is 12.9. The summed E-state index contributed by atoms with van der Waals surface area (Å²) in [5.74, 6) is 0.318. The molecule has 2 aromatic rings. The van der Waals surface area contributed by atoms with E-state index in [2.05, 4.69) is 31.2 Å². The van der Waals surface area contributed by atoms with Gasteiger partial charge in [0.05, 0.1) is 18.0 Å². The van der Waals surface area contributed by atoms with E-state index in [1.807, 2.05) is 48.2 Å². The zero-order valence-electron chi connectivity index (χ0n) is 11.9. The summed E-state index contributed by atoms with van der Waals surface area (Å²) in [4.78, 5) is 14.3. The second-order valence-corrected chi connectivity index (χ2v) is 5.48. The molecule has 0 unspecified atom stereocenters. The number of nitrogens with zero attached hydrogens (tertiary/aromatic N) is 1. The standard InChI is InChI=1S/C18H19NO/c1-13-17(16-11-7-4-8-12-16)19(18(13)20)14(2)15-9-5-3-6-10-15/h3-14,17H,1-2H3/t13-,14-,17+/m1/s1. The van der Waals surface area contributed by atoms with Gasteiger partial charge in [0.25, 0.3) is 0 Å². The molecule has 20 heavy (non-hydrogen) atoms. The molecule has 2 nitrogen and oxygen atoms in total. The first-order valence-corrected chi connectivity index (χ1v) is 7.12.